The van der Waals surface area contributed by atoms with Crippen molar-refractivity contribution >= 4 is 40.7 Å². The second-order valence-corrected chi connectivity index (χ2v) is 12.1. The molecule has 1 aromatic heterocycles. The third kappa shape index (κ3) is 7.68. The lowest BCUT2D eigenvalue weighted by molar-refractivity contribution is -0.145. The molecule has 0 aliphatic carbocycles. The largest absolute Gasteiger partial charge is 0.488 e. The molecule has 44 heavy (non-hydrogen) atoms. The summed E-state index contributed by atoms with van der Waals surface area (Å²) in [6, 6.07) is 19.3. The molecule has 1 aliphatic rings. The van der Waals surface area contributed by atoms with E-state index in [2.05, 4.69) is 27.6 Å². The van der Waals surface area contributed by atoms with Gasteiger partial charge in [-0.15, -0.1) is 0 Å². The van der Waals surface area contributed by atoms with Crippen molar-refractivity contribution in [3.8, 4) is 16.9 Å². The van der Waals surface area contributed by atoms with Crippen molar-refractivity contribution in [3.63, 3.8) is 0 Å². The lowest BCUT2D eigenvalue weighted by Crippen LogP contribution is -2.44. The number of pyridine rings is 1. The van der Waals surface area contributed by atoms with E-state index < -0.39 is 23.8 Å². The van der Waals surface area contributed by atoms with Crippen molar-refractivity contribution in [3.05, 3.63) is 116 Å². The minimum atomic E-state index is -4.64. The Labute approximate surface area is 268 Å². The highest BCUT2D eigenvalue weighted by Gasteiger charge is 2.35. The van der Waals surface area contributed by atoms with Crippen LogP contribution in [0.2, 0.25) is 0 Å². The highest BCUT2D eigenvalue weighted by atomic mass is 127. The molecule has 0 spiro atoms. The fraction of sp³-hybridized carbons (Fsp3) is 0.257. The Kier molecular flexibility index (Phi) is 10.1. The van der Waals surface area contributed by atoms with Gasteiger partial charge in [0.25, 0.3) is 0 Å². The number of alkyl halides is 3. The van der Waals surface area contributed by atoms with Gasteiger partial charge < -0.3 is 9.84 Å². The Morgan fingerprint density at radius 3 is 2.55 bits per heavy atom. The number of benzene rings is 3. The molecular weight excluding hydrogens is 680 g/mol. The first-order valence-corrected chi connectivity index (χ1v) is 15.4. The van der Waals surface area contributed by atoms with Crippen LogP contribution in [0.15, 0.2) is 79.1 Å². The van der Waals surface area contributed by atoms with Crippen LogP contribution in [-0.2, 0) is 24.1 Å². The van der Waals surface area contributed by atoms with Crippen LogP contribution in [0.1, 0.15) is 52.6 Å². The van der Waals surface area contributed by atoms with E-state index in [0.29, 0.717) is 18.5 Å². The van der Waals surface area contributed by atoms with Gasteiger partial charge in [-0.1, -0.05) is 67.1 Å². The average Bonchev–Trinajstić information content (AvgIpc) is 3.00. The standard InChI is InChI=1S/C35H32F3IN2O3/c1-23-25(10-7-11-30(23)26-8-3-2-4-9-26)13-14-27-18-33(44-22-24-16-29(39)20-40-19-24)28(17-31(27)35(36,37)38)21-41-15-6-5-12-32(41)34(42)43/h2-4,7-11,13-14,16-20,32H,5-6,12,15,21-22H2,1H3,(H,42,43). The Morgan fingerprint density at radius 1 is 1.05 bits per heavy atom. The maximum Gasteiger partial charge on any atom is 0.417 e. The minimum Gasteiger partial charge on any atom is -0.488 e. The summed E-state index contributed by atoms with van der Waals surface area (Å²) in [6.07, 6.45) is 3.89. The lowest BCUT2D eigenvalue weighted by atomic mass is 9.95. The number of aromatic nitrogens is 1. The van der Waals surface area contributed by atoms with E-state index in [-0.39, 0.29) is 24.5 Å². The zero-order valence-electron chi connectivity index (χ0n) is 24.2. The van der Waals surface area contributed by atoms with Crippen LogP contribution in [0.5, 0.6) is 5.75 Å². The second-order valence-electron chi connectivity index (χ2n) is 10.9. The molecule has 2 heterocycles. The van der Waals surface area contributed by atoms with Crippen LogP contribution in [0, 0.1) is 10.5 Å². The summed E-state index contributed by atoms with van der Waals surface area (Å²) in [5.41, 5.74) is 4.02. The maximum absolute atomic E-state index is 14.5. The number of likely N-dealkylation sites (tertiary alicyclic amines) is 1. The van der Waals surface area contributed by atoms with Gasteiger partial charge in [-0.25, -0.2) is 0 Å². The number of piperidine rings is 1. The van der Waals surface area contributed by atoms with Crippen molar-refractivity contribution in [2.24, 2.45) is 0 Å². The number of hydrogen-bond donors (Lipinski definition) is 1. The van der Waals surface area contributed by atoms with Crippen LogP contribution < -0.4 is 4.74 Å². The fourth-order valence-corrected chi connectivity index (χ4v) is 6.16. The number of ether oxygens (including phenoxy) is 1. The number of carbonyl (C=O) groups is 1. The van der Waals surface area contributed by atoms with Crippen LogP contribution >= 0.6 is 22.6 Å². The van der Waals surface area contributed by atoms with Crippen LogP contribution in [0.3, 0.4) is 0 Å². The van der Waals surface area contributed by atoms with E-state index in [9.17, 15) is 23.1 Å². The third-order valence-corrected chi connectivity index (χ3v) is 8.46. The number of nitrogens with zero attached hydrogens (tertiary/aromatic N) is 2. The van der Waals surface area contributed by atoms with Gasteiger partial charge in [-0.3, -0.25) is 14.7 Å². The Hall–Kier alpha value is -3.70. The summed E-state index contributed by atoms with van der Waals surface area (Å²) in [4.78, 5) is 17.9. The van der Waals surface area contributed by atoms with Gasteiger partial charge in [0.1, 0.15) is 18.4 Å². The van der Waals surface area contributed by atoms with Gasteiger partial charge >= 0.3 is 12.1 Å². The maximum atomic E-state index is 14.5. The quantitative estimate of drug-likeness (QED) is 0.139. The summed E-state index contributed by atoms with van der Waals surface area (Å²) in [7, 11) is 0. The molecule has 1 N–H and O–H groups in total. The smallest absolute Gasteiger partial charge is 0.417 e. The molecule has 1 unspecified atom stereocenters. The molecule has 228 valence electrons. The molecule has 9 heteroatoms. The summed E-state index contributed by atoms with van der Waals surface area (Å²) in [6.45, 7) is 2.57. The molecule has 0 bridgehead atoms. The van der Waals surface area contributed by atoms with E-state index in [1.807, 2.05) is 61.5 Å². The van der Waals surface area contributed by atoms with Crippen LogP contribution in [-0.4, -0.2) is 33.5 Å². The molecule has 5 nitrogen and oxygen atoms in total. The number of carboxylic acids is 1. The normalized spacial score (nSPS) is 15.9. The van der Waals surface area contributed by atoms with E-state index >= 15 is 0 Å². The van der Waals surface area contributed by atoms with Crippen molar-refractivity contribution in [1.82, 2.24) is 9.88 Å². The fourth-order valence-electron chi connectivity index (χ4n) is 5.60. The van der Waals surface area contributed by atoms with E-state index in [1.54, 1.807) is 23.4 Å². The zero-order chi connectivity index (χ0) is 31.3. The highest BCUT2D eigenvalue weighted by molar-refractivity contribution is 14.1. The molecule has 0 saturated carbocycles. The predicted octanol–water partition coefficient (Wildman–Crippen LogP) is 8.87. The number of rotatable bonds is 9. The first-order valence-electron chi connectivity index (χ1n) is 14.4. The molecule has 1 saturated heterocycles. The molecule has 1 aliphatic heterocycles. The van der Waals surface area contributed by atoms with E-state index in [0.717, 1.165) is 50.3 Å². The first kappa shape index (κ1) is 31.7. The van der Waals surface area contributed by atoms with E-state index in [4.69, 9.17) is 4.74 Å². The topological polar surface area (TPSA) is 62.7 Å². The summed E-state index contributed by atoms with van der Waals surface area (Å²) in [5, 5.41) is 9.79. The number of aliphatic carboxylic acids is 1. The Bertz CT molecular complexity index is 1660. The summed E-state index contributed by atoms with van der Waals surface area (Å²) < 4.78 is 50.7. The molecule has 0 amide bonds. The molecular formula is C35H32F3IN2O3. The first-order chi connectivity index (χ1) is 21.1. The molecule has 0 radical (unpaired) electrons. The summed E-state index contributed by atoms with van der Waals surface area (Å²) >= 11 is 2.14. The third-order valence-electron chi connectivity index (χ3n) is 7.87. The molecule has 3 aromatic carbocycles. The van der Waals surface area contributed by atoms with Crippen molar-refractivity contribution in [2.45, 2.75) is 51.6 Å². The molecule has 4 aromatic rings. The van der Waals surface area contributed by atoms with Gasteiger partial charge in [-0.05, 0) is 94.9 Å². The van der Waals surface area contributed by atoms with Crippen molar-refractivity contribution in [1.29, 1.82) is 0 Å². The molecule has 1 fully saturated rings. The van der Waals surface area contributed by atoms with Crippen molar-refractivity contribution < 1.29 is 27.8 Å². The van der Waals surface area contributed by atoms with Crippen molar-refractivity contribution in [2.75, 3.05) is 6.54 Å². The van der Waals surface area contributed by atoms with Gasteiger partial charge in [0.2, 0.25) is 0 Å². The zero-order valence-corrected chi connectivity index (χ0v) is 26.3. The minimum absolute atomic E-state index is 0.0299. The van der Waals surface area contributed by atoms with Gasteiger partial charge in [0.05, 0.1) is 5.56 Å². The van der Waals surface area contributed by atoms with Crippen LogP contribution in [0.4, 0.5) is 13.2 Å². The SMILES string of the molecule is Cc1c(C=Cc2cc(OCc3cncc(I)c3)c(CN3CCCCC3C(=O)O)cc2C(F)(F)F)cccc1-c1ccccc1. The number of hydrogen-bond acceptors (Lipinski definition) is 4. The van der Waals surface area contributed by atoms with Gasteiger partial charge in [0.15, 0.2) is 0 Å². The average molecular weight is 713 g/mol. The Balaban J connectivity index is 1.55. The predicted molar refractivity (Wildman–Crippen MR) is 174 cm³/mol. The van der Waals surface area contributed by atoms with Gasteiger partial charge in [-0.2, -0.15) is 13.2 Å². The highest BCUT2D eigenvalue weighted by Crippen LogP contribution is 2.38. The second kappa shape index (κ2) is 13.9. The Morgan fingerprint density at radius 2 is 1.82 bits per heavy atom. The number of carboxylic acid groups (broad SMARTS) is 1. The monoisotopic (exact) mass is 712 g/mol. The lowest BCUT2D eigenvalue weighted by Gasteiger charge is -2.33. The van der Waals surface area contributed by atoms with Gasteiger partial charge in [0, 0.05) is 33.6 Å². The van der Waals surface area contributed by atoms with Crippen LogP contribution in [0.25, 0.3) is 23.3 Å². The van der Waals surface area contributed by atoms with E-state index in [1.165, 1.54) is 12.1 Å². The summed E-state index contributed by atoms with van der Waals surface area (Å²) in [5.74, 6) is -0.693. The molecule has 1 atom stereocenters. The molecule has 5 rings (SSSR count). The number of halogens is 4.